The zero-order valence-electron chi connectivity index (χ0n) is 12.3. The Balaban J connectivity index is 1.84. The molecule has 2 heterocycles. The van der Waals surface area contributed by atoms with Crippen molar-refractivity contribution in [1.82, 2.24) is 14.7 Å². The number of nitrogens with two attached hydrogens (primary N) is 1. The van der Waals surface area contributed by atoms with Gasteiger partial charge in [-0.25, -0.2) is 0 Å². The van der Waals surface area contributed by atoms with Gasteiger partial charge in [-0.3, -0.25) is 4.68 Å². The number of hydrogen-bond acceptors (Lipinski definition) is 4. The van der Waals surface area contributed by atoms with Crippen LogP contribution in [0, 0.1) is 0 Å². The van der Waals surface area contributed by atoms with Crippen LogP contribution < -0.4 is 11.1 Å². The van der Waals surface area contributed by atoms with Crippen molar-refractivity contribution in [2.24, 2.45) is 7.05 Å². The second-order valence-corrected chi connectivity index (χ2v) is 5.41. The molecule has 0 bridgehead atoms. The lowest BCUT2D eigenvalue weighted by atomic mass is 10.1. The third kappa shape index (κ3) is 3.62. The molecular weight excluding hydrogens is 238 g/mol. The number of nitrogens with one attached hydrogen (secondary N) is 1. The molecule has 2 rings (SSSR count). The maximum atomic E-state index is 6.15. The fourth-order valence-corrected chi connectivity index (χ4v) is 2.74. The summed E-state index contributed by atoms with van der Waals surface area (Å²) in [7, 11) is 1.96. The van der Waals surface area contributed by atoms with Gasteiger partial charge < -0.3 is 16.0 Å². The quantitative estimate of drug-likeness (QED) is 0.824. The minimum Gasteiger partial charge on any atom is -0.394 e. The Bertz CT molecular complexity index is 393. The summed E-state index contributed by atoms with van der Waals surface area (Å²) in [6.45, 7) is 6.66. The maximum Gasteiger partial charge on any atom is 0.147 e. The van der Waals surface area contributed by atoms with Gasteiger partial charge in [0, 0.05) is 20.1 Å². The maximum absolute atomic E-state index is 6.15. The predicted molar refractivity (Wildman–Crippen MR) is 80.4 cm³/mol. The molecule has 5 heteroatoms. The number of rotatable bonds is 6. The van der Waals surface area contributed by atoms with Crippen LogP contribution in [0.5, 0.6) is 0 Å². The van der Waals surface area contributed by atoms with Crippen LogP contribution in [0.25, 0.3) is 0 Å². The first kappa shape index (κ1) is 14.2. The van der Waals surface area contributed by atoms with E-state index in [1.807, 2.05) is 11.7 Å². The molecule has 0 aliphatic carbocycles. The molecule has 1 aromatic rings. The zero-order chi connectivity index (χ0) is 13.7. The molecule has 1 saturated heterocycles. The average molecular weight is 265 g/mol. The van der Waals surface area contributed by atoms with Crippen LogP contribution >= 0.6 is 0 Å². The van der Waals surface area contributed by atoms with E-state index in [1.54, 1.807) is 0 Å². The molecule has 0 spiro atoms. The molecule has 0 aromatic carbocycles. The fraction of sp³-hybridized carbons (Fsp3) is 0.786. The Morgan fingerprint density at radius 2 is 2.00 bits per heavy atom. The van der Waals surface area contributed by atoms with Crippen molar-refractivity contribution in [3.63, 3.8) is 0 Å². The normalized spacial score (nSPS) is 16.7. The molecule has 0 amide bonds. The Morgan fingerprint density at radius 3 is 2.68 bits per heavy atom. The molecule has 3 N–H and O–H groups in total. The first-order valence-electron chi connectivity index (χ1n) is 7.50. The number of aromatic nitrogens is 2. The van der Waals surface area contributed by atoms with E-state index < -0.39 is 0 Å². The molecule has 1 aliphatic heterocycles. The van der Waals surface area contributed by atoms with Crippen molar-refractivity contribution >= 4 is 11.5 Å². The summed E-state index contributed by atoms with van der Waals surface area (Å²) < 4.78 is 1.87. The highest BCUT2D eigenvalue weighted by Crippen LogP contribution is 2.22. The highest BCUT2D eigenvalue weighted by molar-refractivity contribution is 5.65. The highest BCUT2D eigenvalue weighted by atomic mass is 15.3. The Kier molecular flexibility index (Phi) is 5.07. The van der Waals surface area contributed by atoms with Crippen LogP contribution in [-0.4, -0.2) is 40.9 Å². The van der Waals surface area contributed by atoms with Crippen molar-refractivity contribution in [3.8, 4) is 0 Å². The van der Waals surface area contributed by atoms with Gasteiger partial charge in [-0.1, -0.05) is 19.8 Å². The van der Waals surface area contributed by atoms with Gasteiger partial charge in [-0.05, 0) is 32.4 Å². The van der Waals surface area contributed by atoms with Gasteiger partial charge >= 0.3 is 0 Å². The van der Waals surface area contributed by atoms with Crippen LogP contribution in [0.2, 0.25) is 0 Å². The molecule has 108 valence electrons. The lowest BCUT2D eigenvalue weighted by molar-refractivity contribution is 0.237. The van der Waals surface area contributed by atoms with Crippen molar-refractivity contribution < 1.29 is 0 Å². The molecule has 0 unspecified atom stereocenters. The van der Waals surface area contributed by atoms with Crippen LogP contribution in [0.3, 0.4) is 0 Å². The fourth-order valence-electron chi connectivity index (χ4n) is 2.74. The monoisotopic (exact) mass is 265 g/mol. The summed E-state index contributed by atoms with van der Waals surface area (Å²) in [6, 6.07) is 0. The van der Waals surface area contributed by atoms with E-state index in [-0.39, 0.29) is 0 Å². The molecule has 5 nitrogen and oxygen atoms in total. The van der Waals surface area contributed by atoms with Crippen LogP contribution in [0.1, 0.15) is 38.3 Å². The number of anilines is 2. The van der Waals surface area contributed by atoms with Gasteiger partial charge in [0.2, 0.25) is 0 Å². The second-order valence-electron chi connectivity index (χ2n) is 5.41. The van der Waals surface area contributed by atoms with E-state index in [9.17, 15) is 0 Å². The van der Waals surface area contributed by atoms with E-state index in [0.717, 1.165) is 43.1 Å². The summed E-state index contributed by atoms with van der Waals surface area (Å²) in [6.07, 6.45) is 6.10. The van der Waals surface area contributed by atoms with E-state index in [0.29, 0.717) is 0 Å². The SMILES string of the molecule is CCCc1nn(C)c(NCCN2CCCCC2)c1N. The number of nitrogen functional groups attached to an aromatic ring is 1. The van der Waals surface area contributed by atoms with Gasteiger partial charge in [-0.2, -0.15) is 5.10 Å². The third-order valence-corrected chi connectivity index (χ3v) is 3.82. The molecule has 0 atom stereocenters. The second kappa shape index (κ2) is 6.80. The summed E-state index contributed by atoms with van der Waals surface area (Å²) in [5, 5.41) is 7.92. The van der Waals surface area contributed by atoms with Gasteiger partial charge in [0.15, 0.2) is 0 Å². The Hall–Kier alpha value is -1.23. The van der Waals surface area contributed by atoms with Gasteiger partial charge in [0.25, 0.3) is 0 Å². The van der Waals surface area contributed by atoms with E-state index in [4.69, 9.17) is 5.73 Å². The molecular formula is C14H27N5. The van der Waals surface area contributed by atoms with Crippen molar-refractivity contribution in [1.29, 1.82) is 0 Å². The van der Waals surface area contributed by atoms with Crippen molar-refractivity contribution in [2.75, 3.05) is 37.2 Å². The van der Waals surface area contributed by atoms with Crippen LogP contribution in [-0.2, 0) is 13.5 Å². The first-order valence-corrected chi connectivity index (χ1v) is 7.50. The topological polar surface area (TPSA) is 59.1 Å². The van der Waals surface area contributed by atoms with E-state index in [1.165, 1.54) is 32.4 Å². The lowest BCUT2D eigenvalue weighted by Gasteiger charge is -2.26. The smallest absolute Gasteiger partial charge is 0.147 e. The minimum absolute atomic E-state index is 0.822. The van der Waals surface area contributed by atoms with Gasteiger partial charge in [0.05, 0.1) is 11.4 Å². The third-order valence-electron chi connectivity index (χ3n) is 3.82. The molecule has 19 heavy (non-hydrogen) atoms. The molecule has 1 fully saturated rings. The van der Waals surface area contributed by atoms with E-state index >= 15 is 0 Å². The highest BCUT2D eigenvalue weighted by Gasteiger charge is 2.13. The summed E-state index contributed by atoms with van der Waals surface area (Å²) in [4.78, 5) is 2.52. The van der Waals surface area contributed by atoms with Crippen molar-refractivity contribution in [2.45, 2.75) is 39.0 Å². The molecule has 0 radical (unpaired) electrons. The van der Waals surface area contributed by atoms with Crippen molar-refractivity contribution in [3.05, 3.63) is 5.69 Å². The summed E-state index contributed by atoms with van der Waals surface area (Å²) >= 11 is 0. The minimum atomic E-state index is 0.822. The van der Waals surface area contributed by atoms with Gasteiger partial charge in [0.1, 0.15) is 5.82 Å². The Morgan fingerprint density at radius 1 is 1.26 bits per heavy atom. The molecule has 1 aliphatic rings. The van der Waals surface area contributed by atoms with Gasteiger partial charge in [-0.15, -0.1) is 0 Å². The molecule has 1 aromatic heterocycles. The standard InChI is InChI=1S/C14H27N5/c1-3-7-12-13(15)14(18(2)17-12)16-8-11-19-9-5-4-6-10-19/h16H,3-11,15H2,1-2H3. The average Bonchev–Trinajstić information content (AvgIpc) is 2.68. The Labute approximate surface area is 116 Å². The number of nitrogens with zero attached hydrogens (tertiary/aromatic N) is 3. The number of aryl methyl sites for hydroxylation is 2. The number of likely N-dealkylation sites (tertiary alicyclic amines) is 1. The van der Waals surface area contributed by atoms with Crippen LogP contribution in [0.15, 0.2) is 0 Å². The first-order chi connectivity index (χ1) is 9.22. The zero-order valence-corrected chi connectivity index (χ0v) is 12.3. The van der Waals surface area contributed by atoms with E-state index in [2.05, 4.69) is 22.2 Å². The number of piperidine rings is 1. The number of hydrogen-bond donors (Lipinski definition) is 2. The largest absolute Gasteiger partial charge is 0.394 e. The summed E-state index contributed by atoms with van der Waals surface area (Å²) in [5.74, 6) is 0.973. The summed E-state index contributed by atoms with van der Waals surface area (Å²) in [5.41, 5.74) is 7.99. The van der Waals surface area contributed by atoms with Crippen LogP contribution in [0.4, 0.5) is 11.5 Å². The lowest BCUT2D eigenvalue weighted by Crippen LogP contribution is -2.34. The molecule has 0 saturated carbocycles. The predicted octanol–water partition coefficient (Wildman–Crippen LogP) is 1.85.